The van der Waals surface area contributed by atoms with Crippen molar-refractivity contribution in [1.82, 2.24) is 19.4 Å². The summed E-state index contributed by atoms with van der Waals surface area (Å²) in [6.45, 7) is 5.24. The van der Waals surface area contributed by atoms with E-state index in [-0.39, 0.29) is 5.82 Å². The lowest BCUT2D eigenvalue weighted by molar-refractivity contribution is 0.152. The fourth-order valence-electron chi connectivity index (χ4n) is 4.51. The first-order chi connectivity index (χ1) is 15.6. The lowest BCUT2D eigenvalue weighted by atomic mass is 9.96. The van der Waals surface area contributed by atoms with E-state index in [1.54, 1.807) is 19.2 Å². The van der Waals surface area contributed by atoms with E-state index < -0.39 is 0 Å². The second-order valence-electron chi connectivity index (χ2n) is 8.77. The average Bonchev–Trinajstić information content (AvgIpc) is 3.27. The van der Waals surface area contributed by atoms with E-state index in [2.05, 4.69) is 38.5 Å². The first-order valence-corrected chi connectivity index (χ1v) is 11.4. The van der Waals surface area contributed by atoms with Crippen LogP contribution in [0.4, 0.5) is 4.39 Å². The molecule has 0 saturated carbocycles. The van der Waals surface area contributed by atoms with E-state index in [0.29, 0.717) is 5.92 Å². The second-order valence-corrected chi connectivity index (χ2v) is 8.77. The van der Waals surface area contributed by atoms with Crippen LogP contribution in [0.3, 0.4) is 0 Å². The smallest absolute Gasteiger partial charge is 0.127 e. The maximum atomic E-state index is 13.1. The lowest BCUT2D eigenvalue weighted by Crippen LogP contribution is -2.38. The minimum absolute atomic E-state index is 0.162. The number of piperidine rings is 1. The van der Waals surface area contributed by atoms with Gasteiger partial charge in [-0.15, -0.1) is 0 Å². The number of hydrogen-bond donors (Lipinski definition) is 0. The molecule has 0 amide bonds. The van der Waals surface area contributed by atoms with Crippen LogP contribution < -0.4 is 4.74 Å². The summed E-state index contributed by atoms with van der Waals surface area (Å²) < 4.78 is 20.5. The quantitative estimate of drug-likeness (QED) is 0.498. The van der Waals surface area contributed by atoms with Gasteiger partial charge >= 0.3 is 0 Å². The van der Waals surface area contributed by atoms with Crippen LogP contribution in [0.25, 0.3) is 5.69 Å². The van der Waals surface area contributed by atoms with Gasteiger partial charge in [0.25, 0.3) is 0 Å². The molecule has 0 aliphatic carbocycles. The van der Waals surface area contributed by atoms with Crippen LogP contribution in [-0.4, -0.2) is 59.7 Å². The Bertz CT molecular complexity index is 962. The number of aromatic nitrogens is 2. The molecule has 3 aromatic rings. The van der Waals surface area contributed by atoms with E-state index in [0.717, 1.165) is 56.4 Å². The van der Waals surface area contributed by atoms with Gasteiger partial charge in [-0.2, -0.15) is 0 Å². The van der Waals surface area contributed by atoms with Crippen molar-refractivity contribution in [3.63, 3.8) is 0 Å². The van der Waals surface area contributed by atoms with Gasteiger partial charge in [0.05, 0.1) is 13.7 Å². The summed E-state index contributed by atoms with van der Waals surface area (Å²) >= 11 is 0. The van der Waals surface area contributed by atoms with Gasteiger partial charge in [-0.05, 0) is 87.3 Å². The number of halogens is 1. The normalized spacial score (nSPS) is 15.4. The molecule has 0 bridgehead atoms. The zero-order valence-electron chi connectivity index (χ0n) is 19.1. The molecule has 4 rings (SSSR count). The van der Waals surface area contributed by atoms with Gasteiger partial charge in [0.2, 0.25) is 0 Å². The Morgan fingerprint density at radius 1 is 1.06 bits per heavy atom. The number of ether oxygens (including phenoxy) is 1. The predicted octanol–water partition coefficient (Wildman–Crippen LogP) is 4.41. The van der Waals surface area contributed by atoms with Gasteiger partial charge in [0.1, 0.15) is 17.4 Å². The maximum Gasteiger partial charge on any atom is 0.127 e. The molecule has 0 unspecified atom stereocenters. The fourth-order valence-corrected chi connectivity index (χ4v) is 4.51. The van der Waals surface area contributed by atoms with Gasteiger partial charge in [-0.1, -0.05) is 12.1 Å². The van der Waals surface area contributed by atoms with Crippen LogP contribution in [0, 0.1) is 11.7 Å². The van der Waals surface area contributed by atoms with E-state index in [1.807, 2.05) is 36.7 Å². The van der Waals surface area contributed by atoms with E-state index >= 15 is 0 Å². The summed E-state index contributed by atoms with van der Waals surface area (Å²) in [5.74, 6) is 2.46. The Hall–Kier alpha value is -2.70. The van der Waals surface area contributed by atoms with Crippen molar-refractivity contribution < 1.29 is 9.13 Å². The van der Waals surface area contributed by atoms with Crippen LogP contribution in [0.2, 0.25) is 0 Å². The minimum atomic E-state index is -0.162. The van der Waals surface area contributed by atoms with Crippen molar-refractivity contribution in [1.29, 1.82) is 0 Å². The van der Waals surface area contributed by atoms with Crippen LogP contribution in [0.5, 0.6) is 5.75 Å². The summed E-state index contributed by atoms with van der Waals surface area (Å²) in [6, 6.07) is 15.0. The average molecular weight is 437 g/mol. The third-order valence-corrected chi connectivity index (χ3v) is 6.39. The number of rotatable bonds is 9. The summed E-state index contributed by atoms with van der Waals surface area (Å²) in [5.41, 5.74) is 2.31. The molecule has 0 radical (unpaired) electrons. The van der Waals surface area contributed by atoms with Crippen LogP contribution >= 0.6 is 0 Å². The molecule has 5 nitrogen and oxygen atoms in total. The first-order valence-electron chi connectivity index (χ1n) is 11.4. The van der Waals surface area contributed by atoms with Crippen molar-refractivity contribution in [2.24, 2.45) is 5.92 Å². The van der Waals surface area contributed by atoms with Crippen LogP contribution in [-0.2, 0) is 13.0 Å². The van der Waals surface area contributed by atoms with Gasteiger partial charge < -0.3 is 14.2 Å². The van der Waals surface area contributed by atoms with Crippen molar-refractivity contribution in [2.45, 2.75) is 25.8 Å². The largest absolute Gasteiger partial charge is 0.497 e. The molecule has 0 atom stereocenters. The maximum absolute atomic E-state index is 13.1. The molecule has 1 aromatic heterocycles. The second kappa shape index (κ2) is 10.7. The number of imidazole rings is 1. The predicted molar refractivity (Wildman–Crippen MR) is 126 cm³/mol. The molecule has 1 fully saturated rings. The van der Waals surface area contributed by atoms with E-state index in [4.69, 9.17) is 4.74 Å². The number of hydrogen-bond acceptors (Lipinski definition) is 4. The third-order valence-electron chi connectivity index (χ3n) is 6.39. The van der Waals surface area contributed by atoms with E-state index in [1.165, 1.54) is 18.4 Å². The monoisotopic (exact) mass is 436 g/mol. The highest BCUT2D eigenvalue weighted by molar-refractivity contribution is 5.38. The van der Waals surface area contributed by atoms with Crippen molar-refractivity contribution in [3.8, 4) is 11.4 Å². The van der Waals surface area contributed by atoms with Crippen LogP contribution in [0.15, 0.2) is 60.9 Å². The zero-order chi connectivity index (χ0) is 22.3. The molecule has 32 heavy (non-hydrogen) atoms. The summed E-state index contributed by atoms with van der Waals surface area (Å²) in [7, 11) is 3.87. The highest BCUT2D eigenvalue weighted by atomic mass is 19.1. The first kappa shape index (κ1) is 22.5. The summed E-state index contributed by atoms with van der Waals surface area (Å²) in [4.78, 5) is 9.53. The Balaban J connectivity index is 1.23. The highest BCUT2D eigenvalue weighted by Gasteiger charge is 2.21. The lowest BCUT2D eigenvalue weighted by Gasteiger charge is -2.34. The van der Waals surface area contributed by atoms with Crippen molar-refractivity contribution >= 4 is 0 Å². The SMILES string of the molecule is COc1ccc(-n2ccnc2CN(C)CC2CCN(CCc3ccc(F)cc3)CC2)cc1. The fraction of sp³-hybridized carbons (Fsp3) is 0.423. The Labute approximate surface area is 190 Å². The Morgan fingerprint density at radius 3 is 2.47 bits per heavy atom. The number of methoxy groups -OCH3 is 1. The molecule has 170 valence electrons. The standard InChI is InChI=1S/C26H33FN4O/c1-29(20-26-28-14-18-31(26)24-7-9-25(32-2)10-8-24)19-22-12-16-30(17-13-22)15-11-21-3-5-23(27)6-4-21/h3-10,14,18,22H,11-13,15-17,19-20H2,1-2H3. The van der Waals surface area contributed by atoms with Gasteiger partial charge in [0, 0.05) is 31.2 Å². The summed E-state index contributed by atoms with van der Waals surface area (Å²) in [5, 5.41) is 0. The van der Waals surface area contributed by atoms with Crippen molar-refractivity contribution in [3.05, 3.63) is 78.1 Å². The summed E-state index contributed by atoms with van der Waals surface area (Å²) in [6.07, 6.45) is 7.32. The van der Waals surface area contributed by atoms with Gasteiger partial charge in [-0.3, -0.25) is 4.90 Å². The number of likely N-dealkylation sites (tertiary alicyclic amines) is 1. The molecular weight excluding hydrogens is 403 g/mol. The molecule has 1 aliphatic heterocycles. The Morgan fingerprint density at radius 2 is 1.78 bits per heavy atom. The molecule has 0 spiro atoms. The van der Waals surface area contributed by atoms with Crippen molar-refractivity contribution in [2.75, 3.05) is 40.3 Å². The van der Waals surface area contributed by atoms with Crippen LogP contribution in [0.1, 0.15) is 24.2 Å². The van der Waals surface area contributed by atoms with E-state index in [9.17, 15) is 4.39 Å². The topological polar surface area (TPSA) is 33.5 Å². The molecule has 2 aromatic carbocycles. The Kier molecular flexibility index (Phi) is 7.55. The molecule has 6 heteroatoms. The van der Waals surface area contributed by atoms with Gasteiger partial charge in [-0.25, -0.2) is 9.37 Å². The number of benzene rings is 2. The molecule has 1 aliphatic rings. The molecule has 2 heterocycles. The molecule has 0 N–H and O–H groups in total. The zero-order valence-corrected chi connectivity index (χ0v) is 19.1. The molecular formula is C26H33FN4O. The minimum Gasteiger partial charge on any atom is -0.497 e. The van der Waals surface area contributed by atoms with Gasteiger partial charge in [0.15, 0.2) is 0 Å². The third kappa shape index (κ3) is 5.96. The number of nitrogens with zero attached hydrogens (tertiary/aromatic N) is 4. The highest BCUT2D eigenvalue weighted by Crippen LogP contribution is 2.21. The molecule has 1 saturated heterocycles.